The zero-order chi connectivity index (χ0) is 30.0. The second-order valence-electron chi connectivity index (χ2n) is 12.8. The Morgan fingerprint density at radius 2 is 1.70 bits per heavy atom. The van der Waals surface area contributed by atoms with Crippen LogP contribution in [0.25, 0.3) is 10.4 Å². The molecule has 40 heavy (non-hydrogen) atoms. The van der Waals surface area contributed by atoms with Gasteiger partial charge in [-0.1, -0.05) is 52.0 Å². The van der Waals surface area contributed by atoms with E-state index >= 15 is 0 Å². The van der Waals surface area contributed by atoms with E-state index in [0.29, 0.717) is 0 Å². The summed E-state index contributed by atoms with van der Waals surface area (Å²) in [6.07, 6.45) is -1.41. The molecule has 2 aromatic rings. The van der Waals surface area contributed by atoms with Gasteiger partial charge in [-0.05, 0) is 51.2 Å². The summed E-state index contributed by atoms with van der Waals surface area (Å²) in [6.45, 7) is 16.7. The number of likely N-dealkylation sites (tertiary alicyclic amines) is 1. The lowest BCUT2D eigenvalue weighted by molar-refractivity contribution is -0.142. The van der Waals surface area contributed by atoms with E-state index in [0.717, 1.165) is 21.7 Å². The number of carbonyl (C=O) groups excluding carboxylic acids is 3. The van der Waals surface area contributed by atoms with Crippen molar-refractivity contribution < 1.29 is 24.2 Å². The van der Waals surface area contributed by atoms with E-state index < -0.39 is 41.2 Å². The summed E-state index contributed by atoms with van der Waals surface area (Å²) in [7, 11) is 0. The van der Waals surface area contributed by atoms with Gasteiger partial charge >= 0.3 is 6.09 Å². The molecule has 5 atom stereocenters. The molecule has 3 amide bonds. The van der Waals surface area contributed by atoms with Crippen LogP contribution in [0.5, 0.6) is 0 Å². The summed E-state index contributed by atoms with van der Waals surface area (Å²) >= 11 is 1.61. The van der Waals surface area contributed by atoms with E-state index in [2.05, 4.69) is 39.9 Å². The Morgan fingerprint density at radius 1 is 1.07 bits per heavy atom. The number of aromatic nitrogens is 1. The fourth-order valence-electron chi connectivity index (χ4n) is 4.80. The highest BCUT2D eigenvalue weighted by atomic mass is 32.1. The van der Waals surface area contributed by atoms with E-state index in [1.807, 2.05) is 47.1 Å². The van der Waals surface area contributed by atoms with Crippen LogP contribution in [0.2, 0.25) is 0 Å². The maximum atomic E-state index is 13.7. The number of nitrogens with one attached hydrogen (secondary N) is 2. The first-order valence-corrected chi connectivity index (χ1v) is 14.6. The van der Waals surface area contributed by atoms with Gasteiger partial charge in [0.25, 0.3) is 0 Å². The first kappa shape index (κ1) is 31.5. The lowest BCUT2D eigenvalue weighted by Crippen LogP contribution is -2.58. The monoisotopic (exact) mass is 572 g/mol. The third-order valence-corrected chi connectivity index (χ3v) is 8.18. The number of hydrogen-bond acceptors (Lipinski definition) is 7. The molecular formula is C30H44N4O5S. The Bertz CT molecular complexity index is 1200. The van der Waals surface area contributed by atoms with Crippen molar-refractivity contribution in [3.63, 3.8) is 0 Å². The van der Waals surface area contributed by atoms with Crippen LogP contribution in [-0.2, 0) is 14.3 Å². The molecule has 1 aromatic carbocycles. The molecule has 1 aliphatic heterocycles. The molecule has 0 bridgehead atoms. The topological polar surface area (TPSA) is 121 Å². The van der Waals surface area contributed by atoms with E-state index in [1.54, 1.807) is 32.1 Å². The molecule has 3 rings (SSSR count). The van der Waals surface area contributed by atoms with Crippen molar-refractivity contribution in [1.82, 2.24) is 20.5 Å². The average molecular weight is 573 g/mol. The number of aliphatic hydroxyl groups is 1. The first-order chi connectivity index (χ1) is 18.5. The highest BCUT2D eigenvalue weighted by Crippen LogP contribution is 2.30. The zero-order valence-electron chi connectivity index (χ0n) is 25.1. The predicted molar refractivity (Wildman–Crippen MR) is 157 cm³/mol. The summed E-state index contributed by atoms with van der Waals surface area (Å²) in [5.74, 6) is -0.747. The zero-order valence-corrected chi connectivity index (χ0v) is 25.9. The fourth-order valence-corrected chi connectivity index (χ4v) is 5.61. The second-order valence-corrected chi connectivity index (χ2v) is 13.7. The number of alkyl carbamates (subject to hydrolysis) is 1. The van der Waals surface area contributed by atoms with E-state index in [1.165, 1.54) is 4.90 Å². The predicted octanol–water partition coefficient (Wildman–Crippen LogP) is 4.63. The summed E-state index contributed by atoms with van der Waals surface area (Å²) in [4.78, 5) is 46.5. The minimum absolute atomic E-state index is 0.00666. The molecule has 1 aliphatic rings. The van der Waals surface area contributed by atoms with Gasteiger partial charge in [-0.2, -0.15) is 0 Å². The van der Waals surface area contributed by atoms with Crippen LogP contribution in [0, 0.1) is 12.3 Å². The van der Waals surface area contributed by atoms with Crippen LogP contribution in [0.4, 0.5) is 4.79 Å². The van der Waals surface area contributed by atoms with Gasteiger partial charge in [0.05, 0.1) is 22.2 Å². The molecule has 0 saturated carbocycles. The van der Waals surface area contributed by atoms with Gasteiger partial charge in [-0.25, -0.2) is 9.78 Å². The minimum Gasteiger partial charge on any atom is -0.444 e. The number of ether oxygens (including phenoxy) is 1. The molecule has 1 fully saturated rings. The van der Waals surface area contributed by atoms with Crippen LogP contribution in [0.3, 0.4) is 0 Å². The molecule has 1 aromatic heterocycles. The number of aryl methyl sites for hydroxylation is 1. The Balaban J connectivity index is 1.71. The number of benzene rings is 1. The number of amides is 3. The number of thiazole rings is 1. The minimum atomic E-state index is -0.944. The van der Waals surface area contributed by atoms with Gasteiger partial charge in [0.2, 0.25) is 11.8 Å². The molecular weight excluding hydrogens is 528 g/mol. The Labute approximate surface area is 241 Å². The fraction of sp³-hybridized carbons (Fsp3) is 0.600. The van der Waals surface area contributed by atoms with Gasteiger partial charge in [-0.15, -0.1) is 11.3 Å². The standard InChI is InChI=1S/C30H44N4O5S/c1-17(20-10-12-21(13-11-20)24-19(3)31-16-40-24)18(2)32-26(36)23-14-22(35)15-34(23)27(37)25(29(4,5)6)33-28(38)39-30(7,8)9/h10-13,16-18,22-23,25,35H,14-15H2,1-9H3,(H,32,36)(H,33,38)/t17?,18-,22+,23-,25+/m0/s1. The number of β-amino-alcohol motifs (C(OH)–C–C–N with tert-alkyl or cyclic N) is 1. The molecule has 3 N–H and O–H groups in total. The lowest BCUT2D eigenvalue weighted by atomic mass is 9.85. The number of rotatable bonds is 7. The molecule has 10 heteroatoms. The van der Waals surface area contributed by atoms with E-state index in [9.17, 15) is 19.5 Å². The van der Waals surface area contributed by atoms with Crippen molar-refractivity contribution >= 4 is 29.2 Å². The molecule has 1 unspecified atom stereocenters. The molecule has 1 saturated heterocycles. The largest absolute Gasteiger partial charge is 0.444 e. The third kappa shape index (κ3) is 7.81. The number of hydrogen-bond donors (Lipinski definition) is 3. The van der Waals surface area contributed by atoms with Gasteiger partial charge < -0.3 is 25.4 Å². The highest BCUT2D eigenvalue weighted by molar-refractivity contribution is 7.13. The Morgan fingerprint density at radius 3 is 2.23 bits per heavy atom. The maximum Gasteiger partial charge on any atom is 0.408 e. The van der Waals surface area contributed by atoms with Gasteiger partial charge in [0, 0.05) is 24.9 Å². The van der Waals surface area contributed by atoms with Crippen molar-refractivity contribution in [3.8, 4) is 10.4 Å². The SMILES string of the molecule is Cc1ncsc1-c1ccc(C(C)[C@H](C)NC(=O)[C@@H]2C[C@@H](O)CN2C(=O)[C@@H](NC(=O)OC(C)(C)C)C(C)(C)C)cc1. The molecule has 0 spiro atoms. The molecule has 9 nitrogen and oxygen atoms in total. The second kappa shape index (κ2) is 12.3. The average Bonchev–Trinajstić information content (AvgIpc) is 3.45. The van der Waals surface area contributed by atoms with Crippen molar-refractivity contribution in [3.05, 3.63) is 41.0 Å². The quantitative estimate of drug-likeness (QED) is 0.445. The van der Waals surface area contributed by atoms with Gasteiger partial charge in [0.15, 0.2) is 0 Å². The molecule has 0 radical (unpaired) electrons. The Kier molecular flexibility index (Phi) is 9.67. The smallest absolute Gasteiger partial charge is 0.408 e. The van der Waals surface area contributed by atoms with Crippen molar-refractivity contribution in [2.45, 2.75) is 104 Å². The van der Waals surface area contributed by atoms with Crippen molar-refractivity contribution in [1.29, 1.82) is 0 Å². The summed E-state index contributed by atoms with van der Waals surface area (Å²) in [5.41, 5.74) is 3.63. The summed E-state index contributed by atoms with van der Waals surface area (Å²) in [5, 5.41) is 16.2. The van der Waals surface area contributed by atoms with Gasteiger partial charge in [-0.3, -0.25) is 9.59 Å². The number of carbonyl (C=O) groups is 3. The maximum absolute atomic E-state index is 13.7. The lowest BCUT2D eigenvalue weighted by Gasteiger charge is -2.36. The first-order valence-electron chi connectivity index (χ1n) is 13.8. The highest BCUT2D eigenvalue weighted by Gasteiger charge is 2.45. The van der Waals surface area contributed by atoms with E-state index in [-0.39, 0.29) is 30.8 Å². The molecule has 0 aliphatic carbocycles. The van der Waals surface area contributed by atoms with Crippen LogP contribution in [-0.4, -0.2) is 69.3 Å². The molecule has 2 heterocycles. The van der Waals surface area contributed by atoms with E-state index in [4.69, 9.17) is 4.74 Å². The van der Waals surface area contributed by atoms with Gasteiger partial charge in [0.1, 0.15) is 17.7 Å². The number of aliphatic hydroxyl groups excluding tert-OH is 1. The van der Waals surface area contributed by atoms with Crippen molar-refractivity contribution in [2.75, 3.05) is 6.54 Å². The summed E-state index contributed by atoms with van der Waals surface area (Å²) in [6, 6.07) is 6.24. The van der Waals surface area contributed by atoms with Crippen LogP contribution >= 0.6 is 11.3 Å². The normalized spacial score (nSPS) is 20.0. The number of nitrogens with zero attached hydrogens (tertiary/aromatic N) is 2. The molecule has 220 valence electrons. The van der Waals surface area contributed by atoms with Crippen molar-refractivity contribution in [2.24, 2.45) is 5.41 Å². The Hall–Kier alpha value is -2.98. The van der Waals surface area contributed by atoms with Crippen LogP contribution in [0.15, 0.2) is 29.8 Å². The van der Waals surface area contributed by atoms with Crippen LogP contribution in [0.1, 0.15) is 79.0 Å². The summed E-state index contributed by atoms with van der Waals surface area (Å²) < 4.78 is 5.37. The van der Waals surface area contributed by atoms with Crippen LogP contribution < -0.4 is 10.6 Å². The third-order valence-electron chi connectivity index (χ3n) is 7.20.